The summed E-state index contributed by atoms with van der Waals surface area (Å²) in [4.78, 5) is 28.6. The van der Waals surface area contributed by atoms with Crippen molar-refractivity contribution in [3.05, 3.63) is 17.5 Å². The van der Waals surface area contributed by atoms with Crippen molar-refractivity contribution < 1.29 is 14.1 Å². The molecule has 2 heterocycles. The average molecular weight is 377 g/mol. The van der Waals surface area contributed by atoms with Crippen molar-refractivity contribution in [3.63, 3.8) is 0 Å². The largest absolute Gasteiger partial charge is 0.361 e. The minimum absolute atomic E-state index is 0.176. The van der Waals surface area contributed by atoms with Gasteiger partial charge in [0.2, 0.25) is 5.91 Å². The van der Waals surface area contributed by atoms with E-state index in [-0.39, 0.29) is 24.5 Å². The van der Waals surface area contributed by atoms with Crippen LogP contribution in [0.5, 0.6) is 0 Å². The summed E-state index contributed by atoms with van der Waals surface area (Å²) >= 11 is 0. The first-order valence-electron chi connectivity index (χ1n) is 9.97. The Morgan fingerprint density at radius 2 is 1.89 bits per heavy atom. The third kappa shape index (κ3) is 6.04. The van der Waals surface area contributed by atoms with Gasteiger partial charge in [0.05, 0.1) is 12.2 Å². The van der Waals surface area contributed by atoms with E-state index in [9.17, 15) is 9.59 Å². The van der Waals surface area contributed by atoms with Gasteiger partial charge in [-0.2, -0.15) is 0 Å². The molecule has 3 amide bonds. The topological polar surface area (TPSA) is 90.7 Å². The Kier molecular flexibility index (Phi) is 6.84. The first-order chi connectivity index (χ1) is 13.0. The lowest BCUT2D eigenvalue weighted by Gasteiger charge is -2.33. The van der Waals surface area contributed by atoms with E-state index in [2.05, 4.69) is 32.5 Å². The van der Waals surface area contributed by atoms with Crippen molar-refractivity contribution in [3.8, 4) is 0 Å². The molecule has 150 valence electrons. The fraction of sp³-hybridized carbons (Fsp3) is 0.737. The minimum Gasteiger partial charge on any atom is -0.361 e. The number of imide groups is 1. The number of amides is 3. The van der Waals surface area contributed by atoms with E-state index in [1.807, 2.05) is 13.0 Å². The van der Waals surface area contributed by atoms with Gasteiger partial charge in [0, 0.05) is 44.8 Å². The Morgan fingerprint density at radius 1 is 1.19 bits per heavy atom. The highest BCUT2D eigenvalue weighted by molar-refractivity contribution is 5.95. The molecule has 27 heavy (non-hydrogen) atoms. The van der Waals surface area contributed by atoms with Crippen molar-refractivity contribution in [2.24, 2.45) is 5.92 Å². The van der Waals surface area contributed by atoms with Crippen molar-refractivity contribution in [1.29, 1.82) is 0 Å². The number of rotatable bonds is 5. The lowest BCUT2D eigenvalue weighted by molar-refractivity contribution is -0.121. The molecule has 0 radical (unpaired) electrons. The Labute approximate surface area is 160 Å². The standard InChI is InChI=1S/C19H31N5O3/c1-14-5-3-4-6-17(14)20-19(26)21-18(25)13-24-9-7-23(8-10-24)12-16-11-15(2)27-22-16/h11,14,17H,3-10,12-13H2,1-2H3,(H2,20,21,25,26). The van der Waals surface area contributed by atoms with Crippen LogP contribution >= 0.6 is 0 Å². The second kappa shape index (κ2) is 9.32. The van der Waals surface area contributed by atoms with Crippen molar-refractivity contribution >= 4 is 11.9 Å². The molecule has 1 aromatic heterocycles. The zero-order valence-corrected chi connectivity index (χ0v) is 16.4. The van der Waals surface area contributed by atoms with Crippen LogP contribution in [-0.4, -0.2) is 65.7 Å². The molecule has 0 spiro atoms. The van der Waals surface area contributed by atoms with E-state index in [0.29, 0.717) is 5.92 Å². The summed E-state index contributed by atoms with van der Waals surface area (Å²) < 4.78 is 5.10. The Bertz CT molecular complexity index is 639. The summed E-state index contributed by atoms with van der Waals surface area (Å²) in [6.45, 7) is 8.39. The first-order valence-corrected chi connectivity index (χ1v) is 9.97. The molecule has 2 unspecified atom stereocenters. The van der Waals surface area contributed by atoms with Gasteiger partial charge in [-0.15, -0.1) is 0 Å². The number of piperazine rings is 1. The first kappa shape index (κ1) is 19.8. The van der Waals surface area contributed by atoms with Crippen LogP contribution in [0.2, 0.25) is 0 Å². The fourth-order valence-corrected chi connectivity index (χ4v) is 3.93. The van der Waals surface area contributed by atoms with Gasteiger partial charge in [0.15, 0.2) is 0 Å². The van der Waals surface area contributed by atoms with Gasteiger partial charge in [0.25, 0.3) is 0 Å². The second-order valence-corrected chi connectivity index (χ2v) is 7.87. The Hall–Kier alpha value is -1.93. The molecule has 1 saturated heterocycles. The van der Waals surface area contributed by atoms with Crippen LogP contribution in [0.25, 0.3) is 0 Å². The molecule has 2 aliphatic rings. The molecule has 8 heteroatoms. The predicted molar refractivity (Wildman–Crippen MR) is 101 cm³/mol. The molecule has 2 N–H and O–H groups in total. The summed E-state index contributed by atoms with van der Waals surface area (Å²) in [5.41, 5.74) is 0.937. The SMILES string of the molecule is Cc1cc(CN2CCN(CC(=O)NC(=O)NC3CCCCC3C)CC2)no1. The zero-order chi connectivity index (χ0) is 19.2. The molecule has 1 aromatic rings. The summed E-state index contributed by atoms with van der Waals surface area (Å²) in [6, 6.07) is 1.76. The molecule has 8 nitrogen and oxygen atoms in total. The number of nitrogens with zero attached hydrogens (tertiary/aromatic N) is 3. The maximum atomic E-state index is 12.2. The number of carbonyl (C=O) groups excluding carboxylic acids is 2. The number of nitrogens with one attached hydrogen (secondary N) is 2. The lowest BCUT2D eigenvalue weighted by Crippen LogP contribution is -2.52. The highest BCUT2D eigenvalue weighted by Crippen LogP contribution is 2.23. The van der Waals surface area contributed by atoms with E-state index in [1.54, 1.807) is 0 Å². The van der Waals surface area contributed by atoms with Crippen LogP contribution in [0.3, 0.4) is 0 Å². The molecule has 0 aromatic carbocycles. The van der Waals surface area contributed by atoms with Crippen LogP contribution in [0.4, 0.5) is 4.79 Å². The Morgan fingerprint density at radius 3 is 2.56 bits per heavy atom. The summed E-state index contributed by atoms with van der Waals surface area (Å²) in [6.07, 6.45) is 4.50. The van der Waals surface area contributed by atoms with Crippen LogP contribution < -0.4 is 10.6 Å². The molecule has 2 fully saturated rings. The molecular formula is C19H31N5O3. The van der Waals surface area contributed by atoms with Crippen LogP contribution in [0.1, 0.15) is 44.1 Å². The van der Waals surface area contributed by atoms with Crippen LogP contribution in [-0.2, 0) is 11.3 Å². The molecule has 2 atom stereocenters. The van der Waals surface area contributed by atoms with E-state index in [4.69, 9.17) is 4.52 Å². The molecule has 1 saturated carbocycles. The number of urea groups is 1. The van der Waals surface area contributed by atoms with Crippen LogP contribution in [0, 0.1) is 12.8 Å². The maximum absolute atomic E-state index is 12.2. The van der Waals surface area contributed by atoms with E-state index in [0.717, 1.165) is 63.4 Å². The normalized spacial score (nSPS) is 24.5. The molecule has 1 aliphatic carbocycles. The lowest BCUT2D eigenvalue weighted by atomic mass is 9.86. The van der Waals surface area contributed by atoms with Gasteiger partial charge < -0.3 is 9.84 Å². The second-order valence-electron chi connectivity index (χ2n) is 7.87. The fourth-order valence-electron chi connectivity index (χ4n) is 3.93. The predicted octanol–water partition coefficient (Wildman–Crippen LogP) is 1.51. The number of hydrogen-bond donors (Lipinski definition) is 2. The smallest absolute Gasteiger partial charge is 0.321 e. The highest BCUT2D eigenvalue weighted by atomic mass is 16.5. The molecule has 3 rings (SSSR count). The third-order valence-electron chi connectivity index (χ3n) is 5.58. The Balaban J connectivity index is 1.34. The maximum Gasteiger partial charge on any atom is 0.321 e. The summed E-state index contributed by atoms with van der Waals surface area (Å²) in [7, 11) is 0. The average Bonchev–Trinajstić information content (AvgIpc) is 3.03. The van der Waals surface area contributed by atoms with E-state index < -0.39 is 0 Å². The van der Waals surface area contributed by atoms with E-state index >= 15 is 0 Å². The molecule has 1 aliphatic heterocycles. The molecular weight excluding hydrogens is 346 g/mol. The van der Waals surface area contributed by atoms with Crippen LogP contribution in [0.15, 0.2) is 10.6 Å². The number of carbonyl (C=O) groups is 2. The summed E-state index contributed by atoms with van der Waals surface area (Å²) in [5, 5.41) is 9.47. The monoisotopic (exact) mass is 377 g/mol. The zero-order valence-electron chi connectivity index (χ0n) is 16.4. The highest BCUT2D eigenvalue weighted by Gasteiger charge is 2.24. The van der Waals surface area contributed by atoms with Crippen molar-refractivity contribution in [2.75, 3.05) is 32.7 Å². The van der Waals surface area contributed by atoms with Gasteiger partial charge in [0.1, 0.15) is 5.76 Å². The van der Waals surface area contributed by atoms with E-state index in [1.165, 1.54) is 6.42 Å². The number of aryl methyl sites for hydroxylation is 1. The van der Waals surface area contributed by atoms with Gasteiger partial charge in [-0.05, 0) is 25.7 Å². The van der Waals surface area contributed by atoms with Crippen molar-refractivity contribution in [1.82, 2.24) is 25.6 Å². The quantitative estimate of drug-likeness (QED) is 0.808. The summed E-state index contributed by atoms with van der Waals surface area (Å²) in [5.74, 6) is 1.05. The van der Waals surface area contributed by atoms with Gasteiger partial charge in [-0.1, -0.05) is 24.9 Å². The third-order valence-corrected chi connectivity index (χ3v) is 5.58. The number of aromatic nitrogens is 1. The van der Waals surface area contributed by atoms with Crippen molar-refractivity contribution in [2.45, 2.75) is 52.1 Å². The number of hydrogen-bond acceptors (Lipinski definition) is 6. The van der Waals surface area contributed by atoms with Gasteiger partial charge >= 0.3 is 6.03 Å². The van der Waals surface area contributed by atoms with Gasteiger partial charge in [-0.25, -0.2) is 4.79 Å². The minimum atomic E-state index is -0.362. The van der Waals surface area contributed by atoms with Gasteiger partial charge in [-0.3, -0.25) is 19.9 Å². The molecule has 0 bridgehead atoms.